The van der Waals surface area contributed by atoms with Gasteiger partial charge < -0.3 is 4.74 Å². The Morgan fingerprint density at radius 3 is 2.77 bits per heavy atom. The topological polar surface area (TPSA) is 46.6 Å². The number of rotatable bonds is 7. The molecule has 124 valence electrons. The van der Waals surface area contributed by atoms with Crippen LogP contribution in [0.4, 0.5) is 8.78 Å². The van der Waals surface area contributed by atoms with Crippen LogP contribution in [0.3, 0.4) is 0 Å². The van der Waals surface area contributed by atoms with Gasteiger partial charge in [-0.25, -0.2) is 17.2 Å². The molecule has 2 rings (SSSR count). The van der Waals surface area contributed by atoms with Crippen molar-refractivity contribution in [2.75, 3.05) is 31.8 Å². The minimum Gasteiger partial charge on any atom is -0.385 e. The number of halogens is 2. The summed E-state index contributed by atoms with van der Waals surface area (Å²) < 4.78 is 55.5. The molecule has 22 heavy (non-hydrogen) atoms. The largest absolute Gasteiger partial charge is 0.385 e. The predicted octanol–water partition coefficient (Wildman–Crippen LogP) is 1.99. The molecule has 1 aromatic rings. The Bertz CT molecular complexity index is 607. The second-order valence-corrected chi connectivity index (χ2v) is 7.82. The van der Waals surface area contributed by atoms with E-state index in [0.717, 1.165) is 6.07 Å². The van der Waals surface area contributed by atoms with Gasteiger partial charge in [0.25, 0.3) is 0 Å². The maximum atomic E-state index is 13.8. The van der Waals surface area contributed by atoms with Crippen LogP contribution in [0.1, 0.15) is 18.4 Å². The first kappa shape index (κ1) is 17.3. The molecule has 0 aliphatic carbocycles. The molecule has 1 fully saturated rings. The maximum Gasteiger partial charge on any atom is 0.163 e. The van der Waals surface area contributed by atoms with E-state index >= 15 is 0 Å². The van der Waals surface area contributed by atoms with Crippen molar-refractivity contribution < 1.29 is 21.9 Å². The number of benzene rings is 1. The lowest BCUT2D eigenvalue weighted by molar-refractivity contribution is 0.149. The van der Waals surface area contributed by atoms with Gasteiger partial charge >= 0.3 is 0 Å². The van der Waals surface area contributed by atoms with E-state index < -0.39 is 21.5 Å². The number of hydrogen-bond donors (Lipinski definition) is 0. The Kier molecular flexibility index (Phi) is 5.88. The van der Waals surface area contributed by atoms with E-state index in [0.29, 0.717) is 26.0 Å². The van der Waals surface area contributed by atoms with Crippen molar-refractivity contribution >= 4 is 9.84 Å². The molecule has 0 saturated carbocycles. The zero-order valence-corrected chi connectivity index (χ0v) is 13.4. The molecule has 1 aliphatic heterocycles. The highest BCUT2D eigenvalue weighted by molar-refractivity contribution is 7.91. The zero-order valence-electron chi connectivity index (χ0n) is 12.6. The molecular formula is C15H21F2NO3S. The van der Waals surface area contributed by atoms with Crippen LogP contribution in [-0.2, 0) is 21.1 Å². The van der Waals surface area contributed by atoms with Gasteiger partial charge in [0.2, 0.25) is 0 Å². The lowest BCUT2D eigenvalue weighted by Crippen LogP contribution is -2.37. The summed E-state index contributed by atoms with van der Waals surface area (Å²) in [6.45, 7) is 1.33. The van der Waals surface area contributed by atoms with Gasteiger partial charge in [0, 0.05) is 38.4 Å². The Labute approximate surface area is 130 Å². The summed E-state index contributed by atoms with van der Waals surface area (Å²) in [5.74, 6) is -1.51. The van der Waals surface area contributed by atoms with Gasteiger partial charge in [-0.1, -0.05) is 12.1 Å². The van der Waals surface area contributed by atoms with E-state index in [1.807, 2.05) is 4.90 Å². The monoisotopic (exact) mass is 333 g/mol. The van der Waals surface area contributed by atoms with Gasteiger partial charge in [-0.2, -0.15) is 0 Å². The van der Waals surface area contributed by atoms with E-state index in [1.165, 1.54) is 12.1 Å². The summed E-state index contributed by atoms with van der Waals surface area (Å²) in [7, 11) is -1.43. The quantitative estimate of drug-likeness (QED) is 0.716. The molecule has 0 radical (unpaired) electrons. The van der Waals surface area contributed by atoms with Gasteiger partial charge in [0.05, 0.1) is 11.5 Å². The van der Waals surface area contributed by atoms with Crippen molar-refractivity contribution in [2.45, 2.75) is 25.4 Å². The Morgan fingerprint density at radius 2 is 2.14 bits per heavy atom. The third-order valence-electron chi connectivity index (χ3n) is 3.92. The highest BCUT2D eigenvalue weighted by atomic mass is 32.2. The first-order chi connectivity index (χ1) is 10.4. The molecule has 0 spiro atoms. The van der Waals surface area contributed by atoms with Gasteiger partial charge in [0.1, 0.15) is 0 Å². The van der Waals surface area contributed by atoms with E-state index in [9.17, 15) is 17.2 Å². The minimum atomic E-state index is -3.02. The van der Waals surface area contributed by atoms with Crippen molar-refractivity contribution in [3.63, 3.8) is 0 Å². The first-order valence-corrected chi connectivity index (χ1v) is 9.11. The summed E-state index contributed by atoms with van der Waals surface area (Å²) in [5, 5.41) is 0. The van der Waals surface area contributed by atoms with Gasteiger partial charge in [0.15, 0.2) is 21.5 Å². The molecule has 4 nitrogen and oxygen atoms in total. The lowest BCUT2D eigenvalue weighted by Gasteiger charge is -2.28. The third-order valence-corrected chi connectivity index (χ3v) is 5.67. The van der Waals surface area contributed by atoms with Crippen LogP contribution >= 0.6 is 0 Å². The van der Waals surface area contributed by atoms with Crippen LogP contribution in [0.5, 0.6) is 0 Å². The molecule has 1 atom stereocenters. The predicted molar refractivity (Wildman–Crippen MR) is 80.3 cm³/mol. The fourth-order valence-electron chi connectivity index (χ4n) is 2.76. The molecule has 1 saturated heterocycles. The number of nitrogens with zero attached hydrogens (tertiary/aromatic N) is 1. The van der Waals surface area contributed by atoms with Crippen molar-refractivity contribution in [2.24, 2.45) is 0 Å². The van der Waals surface area contributed by atoms with E-state index in [1.54, 1.807) is 7.11 Å². The molecule has 1 aromatic carbocycles. The lowest BCUT2D eigenvalue weighted by atomic mass is 10.1. The van der Waals surface area contributed by atoms with Crippen LogP contribution in [0.25, 0.3) is 0 Å². The Hall–Kier alpha value is -1.05. The second kappa shape index (κ2) is 7.48. The fourth-order valence-corrected chi connectivity index (χ4v) is 4.52. The van der Waals surface area contributed by atoms with Gasteiger partial charge in [-0.15, -0.1) is 0 Å². The number of sulfone groups is 1. The summed E-state index contributed by atoms with van der Waals surface area (Å²) in [6, 6.07) is 3.93. The van der Waals surface area contributed by atoms with Crippen LogP contribution in [0.2, 0.25) is 0 Å². The zero-order chi connectivity index (χ0) is 16.2. The molecule has 7 heteroatoms. The normalized spacial score (nSPS) is 20.6. The number of hydrogen-bond acceptors (Lipinski definition) is 4. The SMILES string of the molecule is COCCCN(Cc1cccc(F)c1F)[C@@H]1CCS(=O)(=O)C1. The molecule has 0 aromatic heterocycles. The summed E-state index contributed by atoms with van der Waals surface area (Å²) in [6.07, 6.45) is 1.25. The van der Waals surface area contributed by atoms with Crippen LogP contribution in [-0.4, -0.2) is 51.1 Å². The average molecular weight is 333 g/mol. The molecule has 0 amide bonds. The van der Waals surface area contributed by atoms with Crippen molar-refractivity contribution in [1.82, 2.24) is 4.90 Å². The second-order valence-electron chi connectivity index (χ2n) is 5.59. The smallest absolute Gasteiger partial charge is 0.163 e. The van der Waals surface area contributed by atoms with Crippen LogP contribution in [0, 0.1) is 11.6 Å². The third kappa shape index (κ3) is 4.47. The number of ether oxygens (including phenoxy) is 1. The summed E-state index contributed by atoms with van der Waals surface area (Å²) in [5.41, 5.74) is 0.252. The molecule has 1 aliphatic rings. The van der Waals surface area contributed by atoms with Crippen molar-refractivity contribution in [1.29, 1.82) is 0 Å². The van der Waals surface area contributed by atoms with E-state index in [-0.39, 0.29) is 29.7 Å². The van der Waals surface area contributed by atoms with Crippen LogP contribution < -0.4 is 0 Å². The molecule has 0 N–H and O–H groups in total. The standard InChI is InChI=1S/C15H21F2NO3S/c1-21-8-3-7-18(13-6-9-22(19,20)11-13)10-12-4-2-5-14(16)15(12)17/h2,4-5,13H,3,6-11H2,1H3/t13-/m1/s1. The number of methoxy groups -OCH3 is 1. The van der Waals surface area contributed by atoms with Crippen LogP contribution in [0.15, 0.2) is 18.2 Å². The molecule has 0 bridgehead atoms. The molecular weight excluding hydrogens is 312 g/mol. The maximum absolute atomic E-state index is 13.8. The fraction of sp³-hybridized carbons (Fsp3) is 0.600. The van der Waals surface area contributed by atoms with E-state index in [4.69, 9.17) is 4.74 Å². The average Bonchev–Trinajstić information content (AvgIpc) is 2.83. The van der Waals surface area contributed by atoms with E-state index in [2.05, 4.69) is 0 Å². The summed E-state index contributed by atoms with van der Waals surface area (Å²) >= 11 is 0. The van der Waals surface area contributed by atoms with Gasteiger partial charge in [-0.05, 0) is 18.9 Å². The molecule has 0 unspecified atom stereocenters. The molecule has 1 heterocycles. The highest BCUT2D eigenvalue weighted by Gasteiger charge is 2.32. The van der Waals surface area contributed by atoms with Gasteiger partial charge in [-0.3, -0.25) is 4.90 Å². The minimum absolute atomic E-state index is 0.0803. The Morgan fingerprint density at radius 1 is 1.36 bits per heavy atom. The highest BCUT2D eigenvalue weighted by Crippen LogP contribution is 2.22. The van der Waals surface area contributed by atoms with Crippen molar-refractivity contribution in [3.05, 3.63) is 35.4 Å². The van der Waals surface area contributed by atoms with Crippen molar-refractivity contribution in [3.8, 4) is 0 Å². The summed E-state index contributed by atoms with van der Waals surface area (Å²) in [4.78, 5) is 1.92. The first-order valence-electron chi connectivity index (χ1n) is 7.29. The Balaban J connectivity index is 2.12.